The Bertz CT molecular complexity index is 218. The third-order valence-electron chi connectivity index (χ3n) is 1.20. The molecule has 2 nitrogen and oxygen atoms in total. The average molecular weight is 215 g/mol. The van der Waals surface area contributed by atoms with Crippen LogP contribution in [-0.2, 0) is 0 Å². The maximum absolute atomic E-state index is 3.37. The fourth-order valence-corrected chi connectivity index (χ4v) is 1.05. The van der Waals surface area contributed by atoms with Gasteiger partial charge in [-0.15, -0.1) is 0 Å². The first-order chi connectivity index (χ1) is 5.18. The number of nitrogens with one attached hydrogen (secondary N) is 1. The Morgan fingerprint density at radius 2 is 1.73 bits per heavy atom. The molecule has 1 aromatic carbocycles. The molecule has 0 aliphatic rings. The minimum atomic E-state index is 1.10. The normalized spacial score (nSPS) is 10.2. The molecule has 0 fully saturated rings. The van der Waals surface area contributed by atoms with Crippen LogP contribution in [0.15, 0.2) is 28.7 Å². The van der Waals surface area contributed by atoms with Gasteiger partial charge in [0.2, 0.25) is 0 Å². The van der Waals surface area contributed by atoms with Gasteiger partial charge in [0.05, 0.1) is 0 Å². The van der Waals surface area contributed by atoms with Gasteiger partial charge in [-0.05, 0) is 24.3 Å². The number of rotatable bonds is 2. The van der Waals surface area contributed by atoms with E-state index in [2.05, 4.69) is 21.4 Å². The second-order valence-electron chi connectivity index (χ2n) is 2.51. The first-order valence-electron chi connectivity index (χ1n) is 3.38. The standard InChI is InChI=1S/C8H11BrN2/c1-11(2)10-8-5-3-7(9)4-6-8/h3-6,10H,1-2H3. The summed E-state index contributed by atoms with van der Waals surface area (Å²) in [6.07, 6.45) is 0. The van der Waals surface area contributed by atoms with Crippen molar-refractivity contribution in [1.29, 1.82) is 0 Å². The Morgan fingerprint density at radius 3 is 2.18 bits per heavy atom. The zero-order valence-corrected chi connectivity index (χ0v) is 8.22. The van der Waals surface area contributed by atoms with Crippen LogP contribution in [0.1, 0.15) is 0 Å². The van der Waals surface area contributed by atoms with Gasteiger partial charge in [-0.1, -0.05) is 15.9 Å². The summed E-state index contributed by atoms with van der Waals surface area (Å²) in [6.45, 7) is 0. The predicted molar refractivity (Wildman–Crippen MR) is 51.5 cm³/mol. The van der Waals surface area contributed by atoms with Crippen LogP contribution < -0.4 is 5.43 Å². The summed E-state index contributed by atoms with van der Waals surface area (Å²) >= 11 is 3.37. The largest absolute Gasteiger partial charge is 0.319 e. The molecule has 0 aliphatic heterocycles. The van der Waals surface area contributed by atoms with Crippen LogP contribution in [0.2, 0.25) is 0 Å². The molecule has 0 bridgehead atoms. The van der Waals surface area contributed by atoms with Gasteiger partial charge in [0.25, 0.3) is 0 Å². The predicted octanol–water partition coefficient (Wildman–Crippen LogP) is 2.34. The summed E-state index contributed by atoms with van der Waals surface area (Å²) in [4.78, 5) is 0. The summed E-state index contributed by atoms with van der Waals surface area (Å²) < 4.78 is 1.10. The van der Waals surface area contributed by atoms with Crippen molar-refractivity contribution in [2.45, 2.75) is 0 Å². The molecule has 0 saturated carbocycles. The summed E-state index contributed by atoms with van der Waals surface area (Å²) in [5.74, 6) is 0. The molecule has 60 valence electrons. The highest BCUT2D eigenvalue weighted by molar-refractivity contribution is 9.10. The molecule has 1 N–H and O–H groups in total. The number of hydrogen-bond acceptors (Lipinski definition) is 2. The van der Waals surface area contributed by atoms with Crippen molar-refractivity contribution in [3.05, 3.63) is 28.7 Å². The number of benzene rings is 1. The molecule has 0 saturated heterocycles. The first-order valence-corrected chi connectivity index (χ1v) is 4.17. The number of anilines is 1. The van der Waals surface area contributed by atoms with E-state index in [9.17, 15) is 0 Å². The molecule has 0 heterocycles. The van der Waals surface area contributed by atoms with Gasteiger partial charge in [-0.3, -0.25) is 0 Å². The average Bonchev–Trinajstić information content (AvgIpc) is 1.93. The van der Waals surface area contributed by atoms with Gasteiger partial charge in [-0.25, -0.2) is 5.01 Å². The summed E-state index contributed by atoms with van der Waals surface area (Å²) in [7, 11) is 3.92. The van der Waals surface area contributed by atoms with Gasteiger partial charge >= 0.3 is 0 Å². The fourth-order valence-electron chi connectivity index (χ4n) is 0.783. The Morgan fingerprint density at radius 1 is 1.18 bits per heavy atom. The van der Waals surface area contributed by atoms with Crippen LogP contribution in [0, 0.1) is 0 Å². The van der Waals surface area contributed by atoms with E-state index in [-0.39, 0.29) is 0 Å². The van der Waals surface area contributed by atoms with Crippen molar-refractivity contribution >= 4 is 21.6 Å². The molecular weight excluding hydrogens is 204 g/mol. The SMILES string of the molecule is CN(C)Nc1ccc(Br)cc1. The highest BCUT2D eigenvalue weighted by Gasteiger charge is 1.90. The van der Waals surface area contributed by atoms with E-state index in [4.69, 9.17) is 0 Å². The number of hydrazine groups is 1. The van der Waals surface area contributed by atoms with Gasteiger partial charge < -0.3 is 5.43 Å². The van der Waals surface area contributed by atoms with Crippen molar-refractivity contribution in [3.63, 3.8) is 0 Å². The van der Waals surface area contributed by atoms with Gasteiger partial charge in [0, 0.05) is 24.3 Å². The molecule has 0 radical (unpaired) electrons. The monoisotopic (exact) mass is 214 g/mol. The minimum absolute atomic E-state index is 1.10. The van der Waals surface area contributed by atoms with Gasteiger partial charge in [0.1, 0.15) is 0 Å². The van der Waals surface area contributed by atoms with Crippen LogP contribution in [0.3, 0.4) is 0 Å². The molecular formula is C8H11BrN2. The highest BCUT2D eigenvalue weighted by Crippen LogP contribution is 2.13. The van der Waals surface area contributed by atoms with Crippen LogP contribution in [0.25, 0.3) is 0 Å². The Kier molecular flexibility index (Phi) is 2.91. The second kappa shape index (κ2) is 3.74. The maximum Gasteiger partial charge on any atom is 0.0490 e. The quantitative estimate of drug-likeness (QED) is 0.761. The second-order valence-corrected chi connectivity index (χ2v) is 3.43. The number of halogens is 1. The number of hydrogen-bond donors (Lipinski definition) is 1. The van der Waals surface area contributed by atoms with Crippen molar-refractivity contribution < 1.29 is 0 Å². The topological polar surface area (TPSA) is 15.3 Å². The zero-order valence-electron chi connectivity index (χ0n) is 6.63. The van der Waals surface area contributed by atoms with E-state index < -0.39 is 0 Å². The molecule has 0 aromatic heterocycles. The summed E-state index contributed by atoms with van der Waals surface area (Å²) in [6, 6.07) is 8.05. The summed E-state index contributed by atoms with van der Waals surface area (Å²) in [5, 5.41) is 1.91. The first kappa shape index (κ1) is 8.56. The molecule has 3 heteroatoms. The zero-order chi connectivity index (χ0) is 8.27. The molecule has 0 unspecified atom stereocenters. The van der Waals surface area contributed by atoms with Crippen LogP contribution in [0.5, 0.6) is 0 Å². The van der Waals surface area contributed by atoms with Crippen molar-refractivity contribution in [1.82, 2.24) is 5.01 Å². The Balaban J connectivity index is 2.66. The van der Waals surface area contributed by atoms with E-state index in [1.165, 1.54) is 0 Å². The molecule has 1 aromatic rings. The van der Waals surface area contributed by atoms with E-state index in [0.29, 0.717) is 0 Å². The lowest BCUT2D eigenvalue weighted by molar-refractivity contribution is 0.495. The molecule has 0 spiro atoms. The third kappa shape index (κ3) is 2.91. The van der Waals surface area contributed by atoms with E-state index in [1.807, 2.05) is 43.4 Å². The van der Waals surface area contributed by atoms with Gasteiger partial charge in [-0.2, -0.15) is 0 Å². The smallest absolute Gasteiger partial charge is 0.0490 e. The number of nitrogens with zero attached hydrogens (tertiary/aromatic N) is 1. The molecule has 0 amide bonds. The fraction of sp³-hybridized carbons (Fsp3) is 0.250. The van der Waals surface area contributed by atoms with Crippen molar-refractivity contribution in [2.75, 3.05) is 19.5 Å². The van der Waals surface area contributed by atoms with Crippen LogP contribution >= 0.6 is 15.9 Å². The lowest BCUT2D eigenvalue weighted by atomic mass is 10.3. The molecule has 1 rings (SSSR count). The summed E-state index contributed by atoms with van der Waals surface area (Å²) in [5.41, 5.74) is 4.24. The van der Waals surface area contributed by atoms with E-state index in [0.717, 1.165) is 10.2 Å². The maximum atomic E-state index is 3.37. The van der Waals surface area contributed by atoms with E-state index >= 15 is 0 Å². The van der Waals surface area contributed by atoms with Crippen molar-refractivity contribution in [3.8, 4) is 0 Å². The molecule has 11 heavy (non-hydrogen) atoms. The lowest BCUT2D eigenvalue weighted by Crippen LogP contribution is -2.19. The molecule has 0 atom stereocenters. The van der Waals surface area contributed by atoms with Crippen LogP contribution in [-0.4, -0.2) is 19.1 Å². The Labute approximate surface area is 75.3 Å². The third-order valence-corrected chi connectivity index (χ3v) is 1.73. The molecule has 0 aliphatic carbocycles. The Hall–Kier alpha value is -0.540. The van der Waals surface area contributed by atoms with Gasteiger partial charge in [0.15, 0.2) is 0 Å². The van der Waals surface area contributed by atoms with Crippen molar-refractivity contribution in [2.24, 2.45) is 0 Å². The minimum Gasteiger partial charge on any atom is -0.319 e. The highest BCUT2D eigenvalue weighted by atomic mass is 79.9. The van der Waals surface area contributed by atoms with E-state index in [1.54, 1.807) is 0 Å². The lowest BCUT2D eigenvalue weighted by Gasteiger charge is -2.12. The van der Waals surface area contributed by atoms with Crippen LogP contribution in [0.4, 0.5) is 5.69 Å².